The Bertz CT molecular complexity index is 590. The van der Waals surface area contributed by atoms with Gasteiger partial charge in [-0.05, 0) is 22.8 Å². The van der Waals surface area contributed by atoms with E-state index in [1.54, 1.807) is 0 Å². The van der Waals surface area contributed by atoms with Crippen LogP contribution in [0.5, 0.6) is 0 Å². The Kier molecular flexibility index (Phi) is 3.72. The summed E-state index contributed by atoms with van der Waals surface area (Å²) in [6, 6.07) is 14.3. The van der Waals surface area contributed by atoms with Gasteiger partial charge in [-0.15, -0.1) is 0 Å². The lowest BCUT2D eigenvalue weighted by Gasteiger charge is -2.04. The first-order valence-electron chi connectivity index (χ1n) is 5.93. The second-order valence-corrected chi connectivity index (χ2v) is 4.29. The van der Waals surface area contributed by atoms with E-state index in [-0.39, 0.29) is 11.8 Å². The van der Waals surface area contributed by atoms with E-state index in [1.165, 1.54) is 17.7 Å². The molecule has 0 spiro atoms. The summed E-state index contributed by atoms with van der Waals surface area (Å²) in [6.45, 7) is 1.34. The molecule has 2 aromatic carbocycles. The van der Waals surface area contributed by atoms with Crippen LogP contribution in [0.25, 0.3) is 10.8 Å². The van der Waals surface area contributed by atoms with Crippen molar-refractivity contribution >= 4 is 22.6 Å². The lowest BCUT2D eigenvalue weighted by Crippen LogP contribution is -2.27. The maximum Gasteiger partial charge on any atom is 0.226 e. The molecule has 0 bridgehead atoms. The fourth-order valence-corrected chi connectivity index (χ4v) is 1.91. The summed E-state index contributed by atoms with van der Waals surface area (Å²) < 4.78 is 0. The maximum absolute atomic E-state index is 11.4. The predicted molar refractivity (Wildman–Crippen MR) is 71.1 cm³/mol. The molecule has 0 heterocycles. The summed E-state index contributed by atoms with van der Waals surface area (Å²) in [4.78, 5) is 22.1. The highest BCUT2D eigenvalue weighted by Gasteiger charge is 2.04. The Labute approximate surface area is 106 Å². The van der Waals surface area contributed by atoms with Crippen molar-refractivity contribution in [3.05, 3.63) is 48.0 Å². The first-order valence-corrected chi connectivity index (χ1v) is 5.93. The zero-order chi connectivity index (χ0) is 13.0. The third-order valence-electron chi connectivity index (χ3n) is 2.77. The Morgan fingerprint density at radius 3 is 2.50 bits per heavy atom. The highest BCUT2D eigenvalue weighted by molar-refractivity contribution is 5.94. The number of aryl methyl sites for hydroxylation is 1. The Balaban J connectivity index is 2.04. The summed E-state index contributed by atoms with van der Waals surface area (Å²) in [7, 11) is 0. The van der Waals surface area contributed by atoms with Crippen LogP contribution in [0.1, 0.15) is 18.9 Å². The van der Waals surface area contributed by atoms with Gasteiger partial charge in [0, 0.05) is 13.3 Å². The van der Waals surface area contributed by atoms with Gasteiger partial charge in [-0.3, -0.25) is 14.9 Å². The monoisotopic (exact) mass is 241 g/mol. The second-order valence-electron chi connectivity index (χ2n) is 4.29. The molecule has 0 radical (unpaired) electrons. The van der Waals surface area contributed by atoms with Crippen molar-refractivity contribution < 1.29 is 9.59 Å². The zero-order valence-electron chi connectivity index (χ0n) is 10.3. The molecule has 0 aliphatic heterocycles. The number of amides is 2. The number of imide groups is 1. The van der Waals surface area contributed by atoms with Gasteiger partial charge in [-0.1, -0.05) is 42.5 Å². The predicted octanol–water partition coefficient (Wildman–Crippen LogP) is 2.44. The molecule has 3 nitrogen and oxygen atoms in total. The number of hydrogen-bond donors (Lipinski definition) is 1. The van der Waals surface area contributed by atoms with Gasteiger partial charge < -0.3 is 0 Å². The minimum atomic E-state index is -0.307. The second kappa shape index (κ2) is 5.45. The number of carbonyl (C=O) groups excluding carboxylic acids is 2. The Morgan fingerprint density at radius 1 is 1.06 bits per heavy atom. The van der Waals surface area contributed by atoms with Gasteiger partial charge in [0.25, 0.3) is 0 Å². The summed E-state index contributed by atoms with van der Waals surface area (Å²) in [6.07, 6.45) is 0.974. The summed E-state index contributed by atoms with van der Waals surface area (Å²) in [5.41, 5.74) is 1.10. The largest absolute Gasteiger partial charge is 0.297 e. The maximum atomic E-state index is 11.4. The van der Waals surface area contributed by atoms with Crippen molar-refractivity contribution in [2.75, 3.05) is 0 Å². The van der Waals surface area contributed by atoms with E-state index in [9.17, 15) is 9.59 Å². The highest BCUT2D eigenvalue weighted by Crippen LogP contribution is 2.16. The number of hydrogen-bond acceptors (Lipinski definition) is 2. The van der Waals surface area contributed by atoms with Crippen LogP contribution in [-0.2, 0) is 16.0 Å². The number of fused-ring (bicyclic) bond motifs is 1. The number of benzene rings is 2. The van der Waals surface area contributed by atoms with Crippen LogP contribution < -0.4 is 5.32 Å². The van der Waals surface area contributed by atoms with Crippen LogP contribution in [0.4, 0.5) is 0 Å². The smallest absolute Gasteiger partial charge is 0.226 e. The average Bonchev–Trinajstić information content (AvgIpc) is 2.35. The van der Waals surface area contributed by atoms with Gasteiger partial charge in [-0.2, -0.15) is 0 Å². The molecule has 0 unspecified atom stereocenters. The molecule has 0 aliphatic carbocycles. The van der Waals surface area contributed by atoms with Crippen LogP contribution in [0.3, 0.4) is 0 Å². The van der Waals surface area contributed by atoms with Crippen LogP contribution in [0.2, 0.25) is 0 Å². The fraction of sp³-hybridized carbons (Fsp3) is 0.200. The van der Waals surface area contributed by atoms with E-state index in [0.717, 1.165) is 5.56 Å². The molecular weight excluding hydrogens is 226 g/mol. The minimum Gasteiger partial charge on any atom is -0.297 e. The van der Waals surface area contributed by atoms with Crippen LogP contribution in [0, 0.1) is 0 Å². The number of nitrogens with one attached hydrogen (secondary N) is 1. The third kappa shape index (κ3) is 3.17. The van der Waals surface area contributed by atoms with Crippen LogP contribution >= 0.6 is 0 Å². The van der Waals surface area contributed by atoms with E-state index in [4.69, 9.17) is 0 Å². The zero-order valence-corrected chi connectivity index (χ0v) is 10.3. The van der Waals surface area contributed by atoms with E-state index in [2.05, 4.69) is 23.5 Å². The molecule has 0 saturated heterocycles. The molecule has 18 heavy (non-hydrogen) atoms. The minimum absolute atomic E-state index is 0.226. The molecule has 2 amide bonds. The molecule has 3 heteroatoms. The average molecular weight is 241 g/mol. The Morgan fingerprint density at radius 2 is 1.78 bits per heavy atom. The van der Waals surface area contributed by atoms with Crippen LogP contribution in [-0.4, -0.2) is 11.8 Å². The van der Waals surface area contributed by atoms with Gasteiger partial charge in [0.15, 0.2) is 0 Å². The van der Waals surface area contributed by atoms with E-state index in [1.807, 2.05) is 24.3 Å². The van der Waals surface area contributed by atoms with Crippen molar-refractivity contribution in [2.24, 2.45) is 0 Å². The first kappa shape index (κ1) is 12.3. The van der Waals surface area contributed by atoms with E-state index >= 15 is 0 Å². The van der Waals surface area contributed by atoms with Gasteiger partial charge in [-0.25, -0.2) is 0 Å². The van der Waals surface area contributed by atoms with Gasteiger partial charge >= 0.3 is 0 Å². The fourth-order valence-electron chi connectivity index (χ4n) is 1.91. The summed E-state index contributed by atoms with van der Waals surface area (Å²) >= 11 is 0. The van der Waals surface area contributed by atoms with Crippen LogP contribution in [0.15, 0.2) is 42.5 Å². The molecule has 2 rings (SSSR count). The lowest BCUT2D eigenvalue weighted by molar-refractivity contribution is -0.129. The number of rotatable bonds is 3. The molecular formula is C15H15NO2. The van der Waals surface area contributed by atoms with Crippen molar-refractivity contribution in [2.45, 2.75) is 19.8 Å². The summed E-state index contributed by atoms with van der Waals surface area (Å²) in [5.74, 6) is -0.533. The van der Waals surface area contributed by atoms with Gasteiger partial charge in [0.1, 0.15) is 0 Å². The quantitative estimate of drug-likeness (QED) is 0.897. The molecule has 0 aromatic heterocycles. The van der Waals surface area contributed by atoms with Gasteiger partial charge in [0.05, 0.1) is 0 Å². The summed E-state index contributed by atoms with van der Waals surface area (Å²) in [5, 5.41) is 4.63. The van der Waals surface area contributed by atoms with Crippen molar-refractivity contribution in [3.63, 3.8) is 0 Å². The molecule has 0 fully saturated rings. The Hall–Kier alpha value is -2.16. The molecule has 2 aromatic rings. The van der Waals surface area contributed by atoms with Crippen molar-refractivity contribution in [3.8, 4) is 0 Å². The van der Waals surface area contributed by atoms with Crippen molar-refractivity contribution in [1.82, 2.24) is 5.32 Å². The highest BCUT2D eigenvalue weighted by atomic mass is 16.2. The van der Waals surface area contributed by atoms with Crippen molar-refractivity contribution in [1.29, 1.82) is 0 Å². The van der Waals surface area contributed by atoms with Gasteiger partial charge in [0.2, 0.25) is 11.8 Å². The third-order valence-corrected chi connectivity index (χ3v) is 2.77. The van der Waals surface area contributed by atoms with E-state index < -0.39 is 0 Å². The normalized spacial score (nSPS) is 10.3. The molecule has 92 valence electrons. The molecule has 0 saturated carbocycles. The van der Waals surface area contributed by atoms with E-state index in [0.29, 0.717) is 12.8 Å². The topological polar surface area (TPSA) is 46.2 Å². The standard InChI is InChI=1S/C15H15NO2/c1-11(17)16-15(18)9-7-12-6-8-13-4-2-3-5-14(13)10-12/h2-6,8,10H,7,9H2,1H3,(H,16,17,18). The molecule has 0 aliphatic rings. The molecule has 0 atom stereocenters. The number of carbonyl (C=O) groups is 2. The first-order chi connectivity index (χ1) is 8.65. The lowest BCUT2D eigenvalue weighted by atomic mass is 10.0. The molecule has 1 N–H and O–H groups in total. The SMILES string of the molecule is CC(=O)NC(=O)CCc1ccc2ccccc2c1.